The summed E-state index contributed by atoms with van der Waals surface area (Å²) in [5, 5.41) is 7.10. The van der Waals surface area contributed by atoms with E-state index in [0.717, 1.165) is 40.7 Å². The lowest BCUT2D eigenvalue weighted by molar-refractivity contribution is 0.102. The number of nitrogens with one attached hydrogen (secondary N) is 1. The first-order valence-corrected chi connectivity index (χ1v) is 9.98. The maximum Gasteiger partial charge on any atom is 0.274 e. The molecule has 0 spiro atoms. The fraction of sp³-hybridized carbons (Fsp3) is 0.273. The van der Waals surface area contributed by atoms with Gasteiger partial charge in [0.25, 0.3) is 5.91 Å². The summed E-state index contributed by atoms with van der Waals surface area (Å²) in [7, 11) is 0. The van der Waals surface area contributed by atoms with Crippen LogP contribution in [0.5, 0.6) is 0 Å². The standard InChI is InChI=1S/C22H19N5O3/c1-12-2-3-14(20-25-22(30-26-20)13-4-5-13)6-17(12)24-21(28)18-8-23-19-7-15-10-29-11-16(15)9-27(18)19/h2-3,6-9,13H,4-5,10-11H2,1H3,(H,24,28). The van der Waals surface area contributed by atoms with Crippen LogP contribution >= 0.6 is 0 Å². The Bertz CT molecular complexity index is 1300. The van der Waals surface area contributed by atoms with Crippen molar-refractivity contribution in [2.45, 2.75) is 38.9 Å². The number of rotatable bonds is 4. The van der Waals surface area contributed by atoms with Crippen molar-refractivity contribution in [3.8, 4) is 11.4 Å². The van der Waals surface area contributed by atoms with Crippen molar-refractivity contribution in [3.05, 3.63) is 64.9 Å². The fourth-order valence-corrected chi connectivity index (χ4v) is 3.74. The Morgan fingerprint density at radius 2 is 2.07 bits per heavy atom. The lowest BCUT2D eigenvalue weighted by Gasteiger charge is -2.10. The number of anilines is 1. The van der Waals surface area contributed by atoms with Gasteiger partial charge in [0.1, 0.15) is 11.3 Å². The second-order valence-electron chi connectivity index (χ2n) is 7.90. The quantitative estimate of drug-likeness (QED) is 0.558. The summed E-state index contributed by atoms with van der Waals surface area (Å²) in [5.41, 5.74) is 5.86. The molecule has 30 heavy (non-hydrogen) atoms. The van der Waals surface area contributed by atoms with E-state index in [0.29, 0.717) is 42.2 Å². The van der Waals surface area contributed by atoms with Gasteiger partial charge in [-0.1, -0.05) is 17.3 Å². The van der Waals surface area contributed by atoms with Gasteiger partial charge in [-0.2, -0.15) is 4.98 Å². The molecule has 8 heteroatoms. The molecule has 1 fully saturated rings. The Labute approximate surface area is 171 Å². The first-order valence-electron chi connectivity index (χ1n) is 9.98. The number of aryl methyl sites for hydroxylation is 1. The van der Waals surface area contributed by atoms with Gasteiger partial charge in [-0.15, -0.1) is 0 Å². The van der Waals surface area contributed by atoms with Gasteiger partial charge in [-0.3, -0.25) is 9.20 Å². The molecule has 1 amide bonds. The predicted molar refractivity (Wildman–Crippen MR) is 108 cm³/mol. The molecule has 1 saturated carbocycles. The zero-order valence-corrected chi connectivity index (χ0v) is 16.4. The Morgan fingerprint density at radius 3 is 2.93 bits per heavy atom. The molecular formula is C22H19N5O3. The number of hydrogen-bond donors (Lipinski definition) is 1. The molecule has 8 nitrogen and oxygen atoms in total. The Hall–Kier alpha value is -3.52. The van der Waals surface area contributed by atoms with Gasteiger partial charge < -0.3 is 14.6 Å². The van der Waals surface area contributed by atoms with E-state index in [2.05, 4.69) is 20.4 Å². The Morgan fingerprint density at radius 1 is 1.20 bits per heavy atom. The zero-order valence-electron chi connectivity index (χ0n) is 16.4. The van der Waals surface area contributed by atoms with Crippen molar-refractivity contribution in [1.29, 1.82) is 0 Å². The molecule has 1 aliphatic heterocycles. The predicted octanol–water partition coefficient (Wildman–Crippen LogP) is 3.85. The number of benzene rings is 1. The molecule has 0 unspecified atom stereocenters. The number of aromatic nitrogens is 4. The van der Waals surface area contributed by atoms with E-state index in [1.807, 2.05) is 41.8 Å². The van der Waals surface area contributed by atoms with Crippen LogP contribution in [0.15, 0.2) is 41.2 Å². The highest BCUT2D eigenvalue weighted by Crippen LogP contribution is 2.39. The highest BCUT2D eigenvalue weighted by atomic mass is 16.5. The monoisotopic (exact) mass is 401 g/mol. The van der Waals surface area contributed by atoms with Crippen molar-refractivity contribution in [2.24, 2.45) is 0 Å². The van der Waals surface area contributed by atoms with Crippen LogP contribution in [0.2, 0.25) is 0 Å². The molecule has 0 bridgehead atoms. The number of ether oxygens (including phenoxy) is 1. The molecule has 0 saturated heterocycles. The second-order valence-corrected chi connectivity index (χ2v) is 7.90. The molecule has 4 heterocycles. The van der Waals surface area contributed by atoms with Crippen LogP contribution in [0.4, 0.5) is 5.69 Å². The van der Waals surface area contributed by atoms with Crippen molar-refractivity contribution in [2.75, 3.05) is 5.32 Å². The second kappa shape index (κ2) is 6.50. The van der Waals surface area contributed by atoms with Crippen molar-refractivity contribution < 1.29 is 14.1 Å². The van der Waals surface area contributed by atoms with Crippen LogP contribution in [0.25, 0.3) is 17.0 Å². The normalized spacial score (nSPS) is 15.5. The summed E-state index contributed by atoms with van der Waals surface area (Å²) in [6, 6.07) is 7.73. The van der Waals surface area contributed by atoms with E-state index in [4.69, 9.17) is 9.26 Å². The maximum atomic E-state index is 13.0. The zero-order chi connectivity index (χ0) is 20.2. The number of imidazole rings is 1. The molecule has 1 aliphatic carbocycles. The molecule has 4 aromatic rings. The largest absolute Gasteiger partial charge is 0.372 e. The number of hydrogen-bond acceptors (Lipinski definition) is 6. The first kappa shape index (κ1) is 17.3. The van der Waals surface area contributed by atoms with E-state index >= 15 is 0 Å². The Balaban J connectivity index is 1.31. The van der Waals surface area contributed by atoms with Gasteiger partial charge in [-0.25, -0.2) is 4.98 Å². The lowest BCUT2D eigenvalue weighted by atomic mass is 10.1. The van der Waals surface area contributed by atoms with Gasteiger partial charge in [0.2, 0.25) is 11.7 Å². The molecule has 2 aliphatic rings. The third kappa shape index (κ3) is 2.88. The van der Waals surface area contributed by atoms with Gasteiger partial charge in [0.15, 0.2) is 0 Å². The van der Waals surface area contributed by atoms with Gasteiger partial charge >= 0.3 is 0 Å². The van der Waals surface area contributed by atoms with E-state index in [1.54, 1.807) is 6.20 Å². The number of amides is 1. The molecule has 0 radical (unpaired) electrons. The van der Waals surface area contributed by atoms with Crippen LogP contribution in [0.1, 0.15) is 51.8 Å². The van der Waals surface area contributed by atoms with Crippen molar-refractivity contribution in [3.63, 3.8) is 0 Å². The third-order valence-corrected chi connectivity index (χ3v) is 5.69. The van der Waals surface area contributed by atoms with Crippen LogP contribution in [0.3, 0.4) is 0 Å². The lowest BCUT2D eigenvalue weighted by Crippen LogP contribution is -2.15. The first-order chi connectivity index (χ1) is 14.7. The Kier molecular flexibility index (Phi) is 3.76. The van der Waals surface area contributed by atoms with Crippen LogP contribution in [-0.4, -0.2) is 25.4 Å². The topological polar surface area (TPSA) is 94.6 Å². The number of carbonyl (C=O) groups excluding carboxylic acids is 1. The van der Waals surface area contributed by atoms with E-state index in [1.165, 1.54) is 0 Å². The number of carbonyl (C=O) groups is 1. The van der Waals surface area contributed by atoms with Crippen LogP contribution in [-0.2, 0) is 18.0 Å². The minimum atomic E-state index is -0.228. The van der Waals surface area contributed by atoms with Crippen molar-refractivity contribution in [1.82, 2.24) is 19.5 Å². The van der Waals surface area contributed by atoms with Gasteiger partial charge in [0, 0.05) is 28.9 Å². The molecule has 6 rings (SSSR count). The van der Waals surface area contributed by atoms with E-state index < -0.39 is 0 Å². The summed E-state index contributed by atoms with van der Waals surface area (Å²) in [6.07, 6.45) is 5.74. The van der Waals surface area contributed by atoms with Gasteiger partial charge in [0.05, 0.1) is 19.4 Å². The molecule has 1 N–H and O–H groups in total. The molecule has 3 aromatic heterocycles. The summed E-state index contributed by atoms with van der Waals surface area (Å²) in [4.78, 5) is 21.9. The van der Waals surface area contributed by atoms with E-state index in [9.17, 15) is 4.79 Å². The highest BCUT2D eigenvalue weighted by Gasteiger charge is 2.30. The average molecular weight is 401 g/mol. The maximum absolute atomic E-state index is 13.0. The van der Waals surface area contributed by atoms with Crippen molar-refractivity contribution >= 4 is 17.2 Å². The summed E-state index contributed by atoms with van der Waals surface area (Å²) < 4.78 is 12.7. The SMILES string of the molecule is Cc1ccc(-c2noc(C3CC3)n2)cc1NC(=O)c1cnc2cc3c(cn12)COC3. The highest BCUT2D eigenvalue weighted by molar-refractivity contribution is 6.04. The number of pyridine rings is 1. The summed E-state index contributed by atoms with van der Waals surface area (Å²) >= 11 is 0. The summed E-state index contributed by atoms with van der Waals surface area (Å²) in [5.74, 6) is 1.41. The molecular weight excluding hydrogens is 382 g/mol. The van der Waals surface area contributed by atoms with Crippen LogP contribution < -0.4 is 5.32 Å². The van der Waals surface area contributed by atoms with E-state index in [-0.39, 0.29) is 5.91 Å². The molecule has 1 aromatic carbocycles. The number of nitrogens with zero attached hydrogens (tertiary/aromatic N) is 4. The fourth-order valence-electron chi connectivity index (χ4n) is 3.74. The average Bonchev–Trinajstić information content (AvgIpc) is 3.15. The smallest absolute Gasteiger partial charge is 0.274 e. The number of fused-ring (bicyclic) bond motifs is 2. The van der Waals surface area contributed by atoms with Crippen LogP contribution in [0, 0.1) is 6.92 Å². The third-order valence-electron chi connectivity index (χ3n) is 5.69. The minimum Gasteiger partial charge on any atom is -0.372 e. The van der Waals surface area contributed by atoms with Gasteiger partial charge in [-0.05, 0) is 43.0 Å². The summed E-state index contributed by atoms with van der Waals surface area (Å²) in [6.45, 7) is 3.09. The minimum absolute atomic E-state index is 0.228. The molecule has 150 valence electrons. The molecule has 0 atom stereocenters.